The molecule has 0 amide bonds. The lowest BCUT2D eigenvalue weighted by Crippen LogP contribution is -2.52. The zero-order valence-corrected chi connectivity index (χ0v) is 17.1. The van der Waals surface area contributed by atoms with Gasteiger partial charge in [-0.25, -0.2) is 0 Å². The normalized spacial score (nSPS) is 11.0. The van der Waals surface area contributed by atoms with Crippen molar-refractivity contribution in [1.82, 2.24) is 0 Å². The highest BCUT2D eigenvalue weighted by atomic mass is 28.3. The number of hydrogen-bond acceptors (Lipinski definition) is 0. The van der Waals surface area contributed by atoms with E-state index in [0.717, 1.165) is 0 Å². The van der Waals surface area contributed by atoms with Gasteiger partial charge in [0.25, 0.3) is 0 Å². The molecule has 3 aromatic carbocycles. The van der Waals surface area contributed by atoms with Crippen molar-refractivity contribution in [3.8, 4) is 11.5 Å². The summed E-state index contributed by atoms with van der Waals surface area (Å²) >= 11 is 0. The zero-order valence-electron chi connectivity index (χ0n) is 15.1. The Morgan fingerprint density at radius 3 is 1.64 bits per heavy atom. The SMILES string of the molecule is C[Si](C)(C)C#Cc1ccccc1[Si](c1ccccc1)c1ccccc1. The molecule has 3 rings (SSSR count). The minimum atomic E-state index is -1.41. The fraction of sp³-hybridized carbons (Fsp3) is 0.130. The van der Waals surface area contributed by atoms with E-state index in [9.17, 15) is 0 Å². The van der Waals surface area contributed by atoms with Gasteiger partial charge in [0.15, 0.2) is 8.80 Å². The second-order valence-electron chi connectivity index (χ2n) is 7.15. The smallest absolute Gasteiger partial charge is 0.127 e. The van der Waals surface area contributed by atoms with Gasteiger partial charge >= 0.3 is 0 Å². The molecule has 0 aromatic heterocycles. The number of hydrogen-bond donors (Lipinski definition) is 0. The van der Waals surface area contributed by atoms with E-state index in [1.165, 1.54) is 21.1 Å². The molecule has 2 heteroatoms. The molecule has 0 nitrogen and oxygen atoms in total. The first-order valence-corrected chi connectivity index (χ1v) is 13.6. The summed E-state index contributed by atoms with van der Waals surface area (Å²) in [6.45, 7) is 6.88. The second-order valence-corrected chi connectivity index (χ2v) is 14.3. The first-order chi connectivity index (χ1) is 12.0. The van der Waals surface area contributed by atoms with Crippen LogP contribution in [0.15, 0.2) is 84.9 Å². The van der Waals surface area contributed by atoms with E-state index < -0.39 is 16.9 Å². The highest BCUT2D eigenvalue weighted by Gasteiger charge is 2.21. The summed E-state index contributed by atoms with van der Waals surface area (Å²) in [5.41, 5.74) is 4.73. The van der Waals surface area contributed by atoms with Crippen molar-refractivity contribution in [2.45, 2.75) is 19.6 Å². The molecular formula is C23H23Si2. The molecule has 0 heterocycles. The van der Waals surface area contributed by atoms with Crippen molar-refractivity contribution < 1.29 is 0 Å². The highest BCUT2D eigenvalue weighted by Crippen LogP contribution is 2.03. The topological polar surface area (TPSA) is 0 Å². The fourth-order valence-electron chi connectivity index (χ4n) is 2.75. The van der Waals surface area contributed by atoms with E-state index in [0.29, 0.717) is 0 Å². The van der Waals surface area contributed by atoms with Gasteiger partial charge < -0.3 is 0 Å². The van der Waals surface area contributed by atoms with Crippen molar-refractivity contribution >= 4 is 32.4 Å². The van der Waals surface area contributed by atoms with E-state index in [-0.39, 0.29) is 0 Å². The Labute approximate surface area is 154 Å². The molecule has 0 N–H and O–H groups in total. The van der Waals surface area contributed by atoms with Crippen molar-refractivity contribution in [1.29, 1.82) is 0 Å². The average Bonchev–Trinajstić information content (AvgIpc) is 2.62. The largest absolute Gasteiger partial charge is 0.156 e. The summed E-state index contributed by atoms with van der Waals surface area (Å²) in [4.78, 5) is 0. The van der Waals surface area contributed by atoms with Gasteiger partial charge in [-0.2, -0.15) is 0 Å². The minimum absolute atomic E-state index is 1.06. The highest BCUT2D eigenvalue weighted by molar-refractivity contribution is 6.95. The van der Waals surface area contributed by atoms with Crippen LogP contribution in [0.1, 0.15) is 5.56 Å². The van der Waals surface area contributed by atoms with Crippen LogP contribution in [-0.4, -0.2) is 16.9 Å². The summed E-state index contributed by atoms with van der Waals surface area (Å²) in [7, 11) is -2.47. The molecular weight excluding hydrogens is 332 g/mol. The maximum Gasteiger partial charge on any atom is 0.156 e. The summed E-state index contributed by atoms with van der Waals surface area (Å²) in [6, 6.07) is 30.4. The van der Waals surface area contributed by atoms with E-state index in [2.05, 4.69) is 116 Å². The second kappa shape index (κ2) is 7.69. The molecule has 0 atom stereocenters. The molecule has 0 saturated heterocycles. The predicted octanol–water partition coefficient (Wildman–Crippen LogP) is 3.43. The molecule has 25 heavy (non-hydrogen) atoms. The number of benzene rings is 3. The van der Waals surface area contributed by atoms with Crippen molar-refractivity contribution in [3.63, 3.8) is 0 Å². The lowest BCUT2D eigenvalue weighted by Gasteiger charge is -2.18. The fourth-order valence-corrected chi connectivity index (χ4v) is 5.95. The quantitative estimate of drug-likeness (QED) is 0.384. The predicted molar refractivity (Wildman–Crippen MR) is 114 cm³/mol. The van der Waals surface area contributed by atoms with Crippen LogP contribution in [0.5, 0.6) is 0 Å². The van der Waals surface area contributed by atoms with Crippen LogP contribution in [0, 0.1) is 11.5 Å². The Kier molecular flexibility index (Phi) is 5.38. The first kappa shape index (κ1) is 17.5. The molecule has 0 aliphatic heterocycles. The summed E-state index contributed by atoms with van der Waals surface area (Å²) in [6.07, 6.45) is 0. The molecule has 0 aliphatic rings. The minimum Gasteiger partial charge on any atom is -0.127 e. The third kappa shape index (κ3) is 4.60. The first-order valence-electron chi connectivity index (χ1n) is 8.65. The van der Waals surface area contributed by atoms with Gasteiger partial charge in [0.1, 0.15) is 8.07 Å². The zero-order chi connectivity index (χ0) is 17.7. The Morgan fingerprint density at radius 2 is 1.12 bits per heavy atom. The van der Waals surface area contributed by atoms with Crippen molar-refractivity contribution in [2.24, 2.45) is 0 Å². The molecule has 1 radical (unpaired) electrons. The van der Waals surface area contributed by atoms with Crippen LogP contribution in [0.4, 0.5) is 0 Å². The van der Waals surface area contributed by atoms with Gasteiger partial charge in [-0.15, -0.1) is 5.54 Å². The molecule has 0 fully saturated rings. The molecule has 0 saturated carbocycles. The maximum atomic E-state index is 3.54. The monoisotopic (exact) mass is 355 g/mol. The summed E-state index contributed by atoms with van der Waals surface area (Å²) in [5, 5.41) is 4.19. The van der Waals surface area contributed by atoms with Gasteiger partial charge in [0.2, 0.25) is 0 Å². The molecule has 0 spiro atoms. The summed E-state index contributed by atoms with van der Waals surface area (Å²) < 4.78 is 0. The van der Waals surface area contributed by atoms with E-state index >= 15 is 0 Å². The molecule has 123 valence electrons. The van der Waals surface area contributed by atoms with Crippen LogP contribution in [0.3, 0.4) is 0 Å². The van der Waals surface area contributed by atoms with Crippen LogP contribution < -0.4 is 15.6 Å². The molecule has 0 aliphatic carbocycles. The van der Waals surface area contributed by atoms with Gasteiger partial charge in [-0.1, -0.05) is 115 Å². The van der Waals surface area contributed by atoms with Crippen LogP contribution >= 0.6 is 0 Å². The third-order valence-corrected chi connectivity index (χ3v) is 7.56. The lowest BCUT2D eigenvalue weighted by molar-refractivity contribution is 1.67. The Morgan fingerprint density at radius 1 is 0.640 bits per heavy atom. The molecule has 3 aromatic rings. The molecule has 0 bridgehead atoms. The van der Waals surface area contributed by atoms with E-state index in [4.69, 9.17) is 0 Å². The van der Waals surface area contributed by atoms with E-state index in [1.807, 2.05) is 0 Å². The lowest BCUT2D eigenvalue weighted by atomic mass is 10.2. The van der Waals surface area contributed by atoms with Crippen molar-refractivity contribution in [2.75, 3.05) is 0 Å². The van der Waals surface area contributed by atoms with Gasteiger partial charge in [0.05, 0.1) is 0 Å². The van der Waals surface area contributed by atoms with E-state index in [1.54, 1.807) is 0 Å². The Hall–Kier alpha value is -2.35. The average molecular weight is 356 g/mol. The summed E-state index contributed by atoms with van der Waals surface area (Å²) in [5.74, 6) is 3.51. The third-order valence-electron chi connectivity index (χ3n) is 3.89. The van der Waals surface area contributed by atoms with Gasteiger partial charge in [-0.05, 0) is 11.3 Å². The van der Waals surface area contributed by atoms with Crippen LogP contribution in [0.25, 0.3) is 0 Å². The maximum absolute atomic E-state index is 3.54. The number of rotatable bonds is 3. The molecule has 0 unspecified atom stereocenters. The van der Waals surface area contributed by atoms with Crippen molar-refractivity contribution in [3.05, 3.63) is 90.5 Å². The van der Waals surface area contributed by atoms with Gasteiger partial charge in [-0.3, -0.25) is 0 Å². The standard InChI is InChI=1S/C23H23Si2/c1-25(2,3)19-18-20-12-10-11-17-23(20)24(21-13-6-4-7-14-21)22-15-8-5-9-16-22/h4-17H,1-3H3. The van der Waals surface area contributed by atoms with Crippen LogP contribution in [-0.2, 0) is 0 Å². The van der Waals surface area contributed by atoms with Crippen LogP contribution in [0.2, 0.25) is 19.6 Å². The Balaban J connectivity index is 2.17. The Bertz CT molecular complexity index is 842. The van der Waals surface area contributed by atoms with Gasteiger partial charge in [0, 0.05) is 5.56 Å².